The second-order valence-corrected chi connectivity index (χ2v) is 6.88. The van der Waals surface area contributed by atoms with E-state index in [0.29, 0.717) is 22.0 Å². The summed E-state index contributed by atoms with van der Waals surface area (Å²) < 4.78 is 7.16. The Bertz CT molecular complexity index is 1350. The van der Waals surface area contributed by atoms with Crippen molar-refractivity contribution in [3.05, 3.63) is 75.8 Å². The van der Waals surface area contributed by atoms with Gasteiger partial charge in [0.15, 0.2) is 11.2 Å². The van der Waals surface area contributed by atoms with Gasteiger partial charge < -0.3 is 10.1 Å². The van der Waals surface area contributed by atoms with Gasteiger partial charge in [0.25, 0.3) is 5.56 Å². The molecule has 1 N–H and O–H groups in total. The van der Waals surface area contributed by atoms with E-state index in [2.05, 4.69) is 25.3 Å². The molecule has 4 rings (SSSR count). The van der Waals surface area contributed by atoms with Gasteiger partial charge in [-0.05, 0) is 42.5 Å². The highest BCUT2D eigenvalue weighted by molar-refractivity contribution is 6.30. The van der Waals surface area contributed by atoms with Gasteiger partial charge in [-0.3, -0.25) is 14.2 Å². The van der Waals surface area contributed by atoms with Gasteiger partial charge in [-0.15, -0.1) is 5.10 Å². The molecule has 0 aliphatic heterocycles. The molecular formula is C20H15ClN6O4. The summed E-state index contributed by atoms with van der Waals surface area (Å²) in [6.45, 7) is -0.273. The Labute approximate surface area is 180 Å². The molecule has 156 valence electrons. The first-order chi connectivity index (χ1) is 15.0. The summed E-state index contributed by atoms with van der Waals surface area (Å²) in [5, 5.41) is 11.0. The molecule has 0 aliphatic rings. The Morgan fingerprint density at radius 3 is 2.65 bits per heavy atom. The van der Waals surface area contributed by atoms with Crippen LogP contribution < -0.4 is 10.9 Å². The molecule has 0 unspecified atom stereocenters. The van der Waals surface area contributed by atoms with E-state index in [1.165, 1.54) is 30.3 Å². The number of methoxy groups -OCH3 is 1. The van der Waals surface area contributed by atoms with E-state index in [4.69, 9.17) is 11.6 Å². The summed E-state index contributed by atoms with van der Waals surface area (Å²) in [6, 6.07) is 13.1. The number of carbonyl (C=O) groups excluding carboxylic acids is 2. The second kappa shape index (κ2) is 8.36. The first-order valence-corrected chi connectivity index (χ1v) is 9.39. The molecule has 0 saturated heterocycles. The molecule has 0 fully saturated rings. The number of nitrogens with one attached hydrogen (secondary N) is 1. The Kier molecular flexibility index (Phi) is 5.46. The SMILES string of the molecule is COC(=O)c1ccc(NC(=O)Cn2cnc3c(nnn3-c3cccc(Cl)c3)c2=O)cc1. The van der Waals surface area contributed by atoms with Crippen LogP contribution in [-0.2, 0) is 16.1 Å². The van der Waals surface area contributed by atoms with Crippen LogP contribution in [0.2, 0.25) is 5.02 Å². The molecule has 0 radical (unpaired) electrons. The van der Waals surface area contributed by atoms with Crippen molar-refractivity contribution in [2.24, 2.45) is 0 Å². The smallest absolute Gasteiger partial charge is 0.337 e. The first kappa shape index (κ1) is 20.2. The van der Waals surface area contributed by atoms with Crippen LogP contribution in [0.4, 0.5) is 5.69 Å². The van der Waals surface area contributed by atoms with Gasteiger partial charge >= 0.3 is 5.97 Å². The Balaban J connectivity index is 1.54. The van der Waals surface area contributed by atoms with Gasteiger partial charge in [0.1, 0.15) is 12.9 Å². The van der Waals surface area contributed by atoms with E-state index in [1.54, 1.807) is 36.4 Å². The molecule has 31 heavy (non-hydrogen) atoms. The summed E-state index contributed by atoms with van der Waals surface area (Å²) in [5.74, 6) is -0.925. The van der Waals surface area contributed by atoms with E-state index in [0.717, 1.165) is 4.57 Å². The minimum atomic E-state index is -0.505. The molecule has 0 atom stereocenters. The van der Waals surface area contributed by atoms with E-state index in [1.807, 2.05) is 0 Å². The number of hydrogen-bond acceptors (Lipinski definition) is 7. The molecule has 10 nitrogen and oxygen atoms in total. The molecule has 2 aromatic carbocycles. The lowest BCUT2D eigenvalue weighted by Crippen LogP contribution is -2.28. The van der Waals surface area contributed by atoms with Crippen LogP contribution in [0.3, 0.4) is 0 Å². The number of ether oxygens (including phenoxy) is 1. The van der Waals surface area contributed by atoms with E-state index in [-0.39, 0.29) is 17.7 Å². The first-order valence-electron chi connectivity index (χ1n) is 9.01. The Morgan fingerprint density at radius 2 is 1.94 bits per heavy atom. The van der Waals surface area contributed by atoms with Crippen molar-refractivity contribution in [1.82, 2.24) is 24.5 Å². The van der Waals surface area contributed by atoms with Crippen LogP contribution in [0.5, 0.6) is 0 Å². The third-order valence-corrected chi connectivity index (χ3v) is 4.62. The number of carbonyl (C=O) groups is 2. The van der Waals surface area contributed by atoms with Crippen molar-refractivity contribution in [2.75, 3.05) is 12.4 Å². The maximum absolute atomic E-state index is 12.7. The van der Waals surface area contributed by atoms with Crippen LogP contribution in [0.25, 0.3) is 16.9 Å². The van der Waals surface area contributed by atoms with Gasteiger partial charge in [0.2, 0.25) is 5.91 Å². The van der Waals surface area contributed by atoms with Crippen molar-refractivity contribution >= 4 is 40.3 Å². The highest BCUT2D eigenvalue weighted by Crippen LogP contribution is 2.16. The third-order valence-electron chi connectivity index (χ3n) is 4.39. The zero-order valence-corrected chi connectivity index (χ0v) is 16.9. The predicted molar refractivity (Wildman–Crippen MR) is 112 cm³/mol. The number of hydrogen-bond donors (Lipinski definition) is 1. The molecular weight excluding hydrogens is 424 g/mol. The van der Waals surface area contributed by atoms with Gasteiger partial charge in [-0.25, -0.2) is 9.78 Å². The highest BCUT2D eigenvalue weighted by Gasteiger charge is 2.15. The molecule has 2 heterocycles. The van der Waals surface area contributed by atoms with Crippen LogP contribution in [0.15, 0.2) is 59.7 Å². The average molecular weight is 439 g/mol. The fraction of sp³-hybridized carbons (Fsp3) is 0.100. The second-order valence-electron chi connectivity index (χ2n) is 6.45. The van der Waals surface area contributed by atoms with Crippen molar-refractivity contribution in [3.8, 4) is 5.69 Å². The summed E-state index contributed by atoms with van der Waals surface area (Å²) >= 11 is 6.01. The quantitative estimate of drug-likeness (QED) is 0.473. The third kappa shape index (κ3) is 4.14. The monoisotopic (exact) mass is 438 g/mol. The van der Waals surface area contributed by atoms with Crippen LogP contribution >= 0.6 is 11.6 Å². The van der Waals surface area contributed by atoms with E-state index < -0.39 is 17.4 Å². The number of nitrogens with zero attached hydrogens (tertiary/aromatic N) is 5. The Morgan fingerprint density at radius 1 is 1.16 bits per heavy atom. The van der Waals surface area contributed by atoms with E-state index in [9.17, 15) is 14.4 Å². The molecule has 1 amide bonds. The maximum atomic E-state index is 12.7. The highest BCUT2D eigenvalue weighted by atomic mass is 35.5. The zero-order chi connectivity index (χ0) is 22.0. The van der Waals surface area contributed by atoms with Crippen LogP contribution in [-0.4, -0.2) is 43.5 Å². The van der Waals surface area contributed by atoms with Crippen molar-refractivity contribution in [1.29, 1.82) is 0 Å². The summed E-state index contributed by atoms with van der Waals surface area (Å²) in [5.41, 5.74) is 1.20. The number of fused-ring (bicyclic) bond motifs is 1. The number of esters is 1. The fourth-order valence-electron chi connectivity index (χ4n) is 2.90. The number of rotatable bonds is 5. The molecule has 11 heteroatoms. The zero-order valence-electron chi connectivity index (χ0n) is 16.2. The van der Waals surface area contributed by atoms with Gasteiger partial charge in [-0.2, -0.15) is 4.68 Å². The lowest BCUT2D eigenvalue weighted by molar-refractivity contribution is -0.116. The average Bonchev–Trinajstić information content (AvgIpc) is 3.20. The summed E-state index contributed by atoms with van der Waals surface area (Å²) in [6.07, 6.45) is 1.26. The number of benzene rings is 2. The molecule has 4 aromatic rings. The normalized spacial score (nSPS) is 10.8. The molecule has 2 aromatic heterocycles. The number of amides is 1. The number of anilines is 1. The fourth-order valence-corrected chi connectivity index (χ4v) is 3.09. The summed E-state index contributed by atoms with van der Waals surface area (Å²) in [7, 11) is 1.29. The van der Waals surface area contributed by atoms with Gasteiger partial charge in [0.05, 0.1) is 18.4 Å². The molecule has 0 bridgehead atoms. The number of halogens is 1. The lowest BCUT2D eigenvalue weighted by Gasteiger charge is -2.08. The summed E-state index contributed by atoms with van der Waals surface area (Å²) in [4.78, 5) is 40.8. The topological polar surface area (TPSA) is 121 Å². The van der Waals surface area contributed by atoms with Crippen LogP contribution in [0.1, 0.15) is 10.4 Å². The predicted octanol–water partition coefficient (Wildman–Crippen LogP) is 2.06. The number of aromatic nitrogens is 5. The molecule has 0 spiro atoms. The van der Waals surface area contributed by atoms with Crippen molar-refractivity contribution in [2.45, 2.75) is 6.54 Å². The largest absolute Gasteiger partial charge is 0.465 e. The minimum Gasteiger partial charge on any atom is -0.465 e. The maximum Gasteiger partial charge on any atom is 0.337 e. The lowest BCUT2D eigenvalue weighted by atomic mass is 10.2. The minimum absolute atomic E-state index is 0.0257. The standard InChI is InChI=1S/C20H15ClN6O4/c1-31-20(30)12-5-7-14(8-6-12)23-16(28)10-26-11-22-18-17(19(26)29)24-25-27(18)15-4-2-3-13(21)9-15/h2-9,11H,10H2,1H3,(H,23,28). The van der Waals surface area contributed by atoms with Crippen molar-refractivity contribution < 1.29 is 14.3 Å². The van der Waals surface area contributed by atoms with Crippen LogP contribution in [0, 0.1) is 0 Å². The van der Waals surface area contributed by atoms with E-state index >= 15 is 0 Å². The van der Waals surface area contributed by atoms with Gasteiger partial charge in [-0.1, -0.05) is 22.9 Å². The van der Waals surface area contributed by atoms with Gasteiger partial charge in [0, 0.05) is 10.7 Å². The Hall–Kier alpha value is -4.05. The molecule has 0 aliphatic carbocycles. The van der Waals surface area contributed by atoms with Crippen molar-refractivity contribution in [3.63, 3.8) is 0 Å². The molecule has 0 saturated carbocycles.